The van der Waals surface area contributed by atoms with Crippen molar-refractivity contribution in [3.8, 4) is 11.5 Å². The molecule has 1 N–H and O–H groups in total. The summed E-state index contributed by atoms with van der Waals surface area (Å²) in [7, 11) is 4.88. The van der Waals surface area contributed by atoms with E-state index in [9.17, 15) is 4.79 Å². The molecule has 30 heavy (non-hydrogen) atoms. The number of rotatable bonds is 4. The molecule has 0 radical (unpaired) electrons. The van der Waals surface area contributed by atoms with Gasteiger partial charge < -0.3 is 19.7 Å². The van der Waals surface area contributed by atoms with Crippen molar-refractivity contribution in [3.05, 3.63) is 53.1 Å². The normalized spacial score (nSPS) is 18.0. The standard InChI is InChI=1S/C23H28N4O3/c1-15-11-17-13-20(29-3)21(30-4)14-19(17)22(25-27(15)23(28)24-2)16-7-5-8-18(12-16)26-9-6-10-26/h5,7-8,12-15H,6,9-11H2,1-4H3,(H,24,28). The number of urea groups is 1. The Hall–Kier alpha value is -3.22. The number of hydrogen-bond acceptors (Lipinski definition) is 5. The molecule has 4 rings (SSSR count). The number of hydrazone groups is 1. The van der Waals surface area contributed by atoms with E-state index in [0.29, 0.717) is 17.9 Å². The summed E-state index contributed by atoms with van der Waals surface area (Å²) in [4.78, 5) is 14.9. The molecule has 0 aliphatic carbocycles. The summed E-state index contributed by atoms with van der Waals surface area (Å²) in [6, 6.07) is 12.0. The summed E-state index contributed by atoms with van der Waals surface area (Å²) < 4.78 is 11.1. The Bertz CT molecular complexity index is 984. The lowest BCUT2D eigenvalue weighted by molar-refractivity contribution is 0.184. The van der Waals surface area contributed by atoms with Crippen molar-refractivity contribution in [2.45, 2.75) is 25.8 Å². The maximum absolute atomic E-state index is 12.6. The van der Waals surface area contributed by atoms with Gasteiger partial charge in [0.15, 0.2) is 11.5 Å². The van der Waals surface area contributed by atoms with Crippen LogP contribution in [0.3, 0.4) is 0 Å². The second-order valence-corrected chi connectivity index (χ2v) is 7.66. The van der Waals surface area contributed by atoms with Gasteiger partial charge in [0.05, 0.1) is 26.0 Å². The smallest absolute Gasteiger partial charge is 0.337 e. The highest BCUT2D eigenvalue weighted by molar-refractivity contribution is 6.15. The van der Waals surface area contributed by atoms with Crippen LogP contribution in [0.1, 0.15) is 30.0 Å². The minimum Gasteiger partial charge on any atom is -0.493 e. The molecule has 2 aromatic carbocycles. The monoisotopic (exact) mass is 408 g/mol. The third-order valence-corrected chi connectivity index (χ3v) is 5.77. The van der Waals surface area contributed by atoms with E-state index in [4.69, 9.17) is 14.6 Å². The molecule has 7 nitrogen and oxygen atoms in total. The van der Waals surface area contributed by atoms with E-state index >= 15 is 0 Å². The quantitative estimate of drug-likeness (QED) is 0.843. The highest BCUT2D eigenvalue weighted by Crippen LogP contribution is 2.35. The lowest BCUT2D eigenvalue weighted by Gasteiger charge is -2.33. The summed E-state index contributed by atoms with van der Waals surface area (Å²) in [6.45, 7) is 4.14. The van der Waals surface area contributed by atoms with E-state index in [1.807, 2.05) is 31.2 Å². The third-order valence-electron chi connectivity index (χ3n) is 5.77. The molecule has 2 aliphatic heterocycles. The molecule has 1 atom stereocenters. The molecule has 158 valence electrons. The van der Waals surface area contributed by atoms with Gasteiger partial charge in [0.25, 0.3) is 0 Å². The minimum absolute atomic E-state index is 0.113. The van der Waals surface area contributed by atoms with Crippen LogP contribution in [0.5, 0.6) is 11.5 Å². The number of nitrogens with zero attached hydrogens (tertiary/aromatic N) is 3. The van der Waals surface area contributed by atoms with Gasteiger partial charge in [-0.15, -0.1) is 0 Å². The van der Waals surface area contributed by atoms with Crippen LogP contribution in [-0.4, -0.2) is 57.2 Å². The predicted molar refractivity (Wildman–Crippen MR) is 118 cm³/mol. The fourth-order valence-corrected chi connectivity index (χ4v) is 3.97. The van der Waals surface area contributed by atoms with E-state index in [0.717, 1.165) is 35.5 Å². The second kappa shape index (κ2) is 8.26. The highest BCUT2D eigenvalue weighted by Gasteiger charge is 2.28. The van der Waals surface area contributed by atoms with Gasteiger partial charge in [-0.3, -0.25) is 0 Å². The molecule has 2 aromatic rings. The van der Waals surface area contributed by atoms with Crippen LogP contribution in [0.4, 0.5) is 10.5 Å². The number of hydrogen-bond donors (Lipinski definition) is 1. The zero-order valence-corrected chi connectivity index (χ0v) is 17.9. The van der Waals surface area contributed by atoms with Gasteiger partial charge in [0.1, 0.15) is 0 Å². The first-order chi connectivity index (χ1) is 14.5. The summed E-state index contributed by atoms with van der Waals surface area (Å²) >= 11 is 0. The first-order valence-electron chi connectivity index (χ1n) is 10.3. The van der Waals surface area contributed by atoms with Crippen LogP contribution >= 0.6 is 0 Å². The zero-order chi connectivity index (χ0) is 21.3. The van der Waals surface area contributed by atoms with Gasteiger partial charge >= 0.3 is 6.03 Å². The van der Waals surface area contributed by atoms with Gasteiger partial charge in [0.2, 0.25) is 0 Å². The fourth-order valence-electron chi connectivity index (χ4n) is 3.97. The molecule has 0 spiro atoms. The molecule has 0 saturated carbocycles. The van der Waals surface area contributed by atoms with E-state index in [1.54, 1.807) is 21.3 Å². The molecule has 1 unspecified atom stereocenters. The molecule has 0 bridgehead atoms. The number of carbonyl (C=O) groups is 1. The van der Waals surface area contributed by atoms with Gasteiger partial charge in [-0.05, 0) is 49.6 Å². The Morgan fingerprint density at radius 1 is 1.13 bits per heavy atom. The Labute approximate surface area is 177 Å². The Morgan fingerprint density at radius 3 is 2.50 bits per heavy atom. The molecular weight excluding hydrogens is 380 g/mol. The van der Waals surface area contributed by atoms with Crippen LogP contribution in [0.2, 0.25) is 0 Å². The second-order valence-electron chi connectivity index (χ2n) is 7.66. The maximum Gasteiger partial charge on any atom is 0.337 e. The Morgan fingerprint density at radius 2 is 1.87 bits per heavy atom. The van der Waals surface area contributed by atoms with Gasteiger partial charge in [-0.2, -0.15) is 5.10 Å². The summed E-state index contributed by atoms with van der Waals surface area (Å²) in [5, 5.41) is 9.08. The number of fused-ring (bicyclic) bond motifs is 1. The summed E-state index contributed by atoms with van der Waals surface area (Å²) in [6.07, 6.45) is 1.87. The number of methoxy groups -OCH3 is 2. The minimum atomic E-state index is -0.231. The number of anilines is 1. The van der Waals surface area contributed by atoms with Crippen LogP contribution in [-0.2, 0) is 6.42 Å². The van der Waals surface area contributed by atoms with Crippen molar-refractivity contribution in [2.75, 3.05) is 39.3 Å². The molecule has 2 aliphatic rings. The largest absolute Gasteiger partial charge is 0.493 e. The van der Waals surface area contributed by atoms with Gasteiger partial charge in [-0.1, -0.05) is 12.1 Å². The van der Waals surface area contributed by atoms with Crippen molar-refractivity contribution >= 4 is 17.4 Å². The maximum atomic E-state index is 12.6. The van der Waals surface area contributed by atoms with Crippen LogP contribution in [0.15, 0.2) is 41.5 Å². The number of benzene rings is 2. The van der Waals surface area contributed by atoms with Crippen molar-refractivity contribution in [3.63, 3.8) is 0 Å². The molecule has 2 heterocycles. The lowest BCUT2D eigenvalue weighted by Crippen LogP contribution is -2.41. The van der Waals surface area contributed by atoms with Gasteiger partial charge in [-0.25, -0.2) is 9.80 Å². The molecule has 7 heteroatoms. The average Bonchev–Trinajstić information content (AvgIpc) is 2.86. The fraction of sp³-hybridized carbons (Fsp3) is 0.391. The van der Waals surface area contributed by atoms with E-state index in [2.05, 4.69) is 22.3 Å². The third kappa shape index (κ3) is 3.56. The van der Waals surface area contributed by atoms with E-state index in [1.165, 1.54) is 17.1 Å². The van der Waals surface area contributed by atoms with Gasteiger partial charge in [0, 0.05) is 37.0 Å². The molecule has 1 saturated heterocycles. The molecular formula is C23H28N4O3. The van der Waals surface area contributed by atoms with Crippen LogP contribution in [0.25, 0.3) is 0 Å². The zero-order valence-electron chi connectivity index (χ0n) is 17.9. The highest BCUT2D eigenvalue weighted by atomic mass is 16.5. The van der Waals surface area contributed by atoms with Crippen LogP contribution in [0, 0.1) is 0 Å². The lowest BCUT2D eigenvalue weighted by atomic mass is 9.93. The first-order valence-corrected chi connectivity index (χ1v) is 10.3. The number of nitrogens with one attached hydrogen (secondary N) is 1. The van der Waals surface area contributed by atoms with Crippen molar-refractivity contribution < 1.29 is 14.3 Å². The van der Waals surface area contributed by atoms with E-state index in [-0.39, 0.29) is 12.1 Å². The summed E-state index contributed by atoms with van der Waals surface area (Å²) in [5.41, 5.74) is 4.91. The molecule has 0 aromatic heterocycles. The number of amides is 2. The topological polar surface area (TPSA) is 66.4 Å². The van der Waals surface area contributed by atoms with Crippen molar-refractivity contribution in [1.82, 2.24) is 10.3 Å². The van der Waals surface area contributed by atoms with Crippen molar-refractivity contribution in [2.24, 2.45) is 5.10 Å². The van der Waals surface area contributed by atoms with E-state index < -0.39 is 0 Å². The average molecular weight is 409 g/mol. The number of carbonyl (C=O) groups excluding carboxylic acids is 1. The SMILES string of the molecule is CNC(=O)N1N=C(c2cccc(N3CCC3)c2)c2cc(OC)c(OC)cc2CC1C. The van der Waals surface area contributed by atoms with Crippen LogP contribution < -0.4 is 19.7 Å². The van der Waals surface area contributed by atoms with Crippen molar-refractivity contribution in [1.29, 1.82) is 0 Å². The number of ether oxygens (including phenoxy) is 2. The predicted octanol–water partition coefficient (Wildman–Crippen LogP) is 3.25. The first kappa shape index (κ1) is 20.1. The molecule has 1 fully saturated rings. The Kier molecular flexibility index (Phi) is 5.53. The Balaban J connectivity index is 1.89. The molecule has 2 amide bonds. The summed E-state index contributed by atoms with van der Waals surface area (Å²) in [5.74, 6) is 1.31.